The zero-order valence-electron chi connectivity index (χ0n) is 19.4. The van der Waals surface area contributed by atoms with Gasteiger partial charge in [0.05, 0.1) is 0 Å². The van der Waals surface area contributed by atoms with Crippen LogP contribution in [0.4, 0.5) is 0 Å². The summed E-state index contributed by atoms with van der Waals surface area (Å²) in [6, 6.07) is 0. The van der Waals surface area contributed by atoms with Crippen molar-refractivity contribution in [2.75, 3.05) is 0 Å². The molecule has 0 heterocycles. The Hall–Kier alpha value is -2.12. The van der Waals surface area contributed by atoms with Crippen LogP contribution in [0.3, 0.4) is 0 Å². The number of esters is 4. The Morgan fingerprint density at radius 2 is 0.576 bits per heavy atom. The molecule has 33 heavy (non-hydrogen) atoms. The van der Waals surface area contributed by atoms with Gasteiger partial charge in [0.1, 0.15) is 24.4 Å². The molecule has 0 spiro atoms. The number of carbonyl (C=O) groups excluding carboxylic acids is 4. The van der Waals surface area contributed by atoms with Gasteiger partial charge in [-0.2, -0.15) is 0 Å². The molecule has 0 aliphatic heterocycles. The minimum atomic E-state index is -2.88. The molecule has 0 atom stereocenters. The number of ether oxygens (including phenoxy) is 4. The van der Waals surface area contributed by atoms with Gasteiger partial charge in [-0.25, -0.2) is 19.2 Å². The molecular weight excluding hydrogens is 428 g/mol. The topological polar surface area (TPSA) is 105 Å². The first kappa shape index (κ1) is 24.0. The molecule has 0 aromatic heterocycles. The number of carbonyl (C=O) groups is 4. The van der Waals surface area contributed by atoms with Crippen LogP contribution in [0, 0.1) is 5.41 Å². The minimum Gasteiger partial charge on any atom is -0.461 e. The summed E-state index contributed by atoms with van der Waals surface area (Å²) in [6.45, 7) is 0. The fourth-order valence-corrected chi connectivity index (χ4v) is 5.48. The molecule has 4 aliphatic carbocycles. The fourth-order valence-electron chi connectivity index (χ4n) is 5.48. The third kappa shape index (κ3) is 5.35. The van der Waals surface area contributed by atoms with E-state index in [4.69, 9.17) is 18.9 Å². The van der Waals surface area contributed by atoms with Crippen molar-refractivity contribution in [3.63, 3.8) is 0 Å². The predicted molar refractivity (Wildman–Crippen MR) is 116 cm³/mol. The lowest BCUT2D eigenvalue weighted by molar-refractivity contribution is -0.199. The molecule has 0 radical (unpaired) electrons. The molecule has 0 aromatic carbocycles. The molecule has 4 fully saturated rings. The van der Waals surface area contributed by atoms with Crippen LogP contribution in [0.25, 0.3) is 0 Å². The van der Waals surface area contributed by atoms with Gasteiger partial charge in [0.2, 0.25) is 0 Å². The van der Waals surface area contributed by atoms with E-state index in [1.165, 1.54) is 0 Å². The van der Waals surface area contributed by atoms with E-state index in [1.54, 1.807) is 0 Å². The maximum Gasteiger partial charge on any atom is 0.355 e. The first-order chi connectivity index (χ1) is 16.0. The molecule has 0 aromatic rings. The van der Waals surface area contributed by atoms with Crippen LogP contribution in [0.2, 0.25) is 0 Å². The van der Waals surface area contributed by atoms with Crippen molar-refractivity contribution in [3.05, 3.63) is 0 Å². The normalized spacial score (nSPS) is 23.0. The summed E-state index contributed by atoms with van der Waals surface area (Å²) in [5.41, 5.74) is -2.88. The van der Waals surface area contributed by atoms with E-state index < -0.39 is 53.7 Å². The summed E-state index contributed by atoms with van der Waals surface area (Å²) in [4.78, 5) is 54.2. The maximum absolute atomic E-state index is 13.5. The van der Waals surface area contributed by atoms with Gasteiger partial charge in [-0.1, -0.05) is 0 Å². The lowest BCUT2D eigenvalue weighted by Crippen LogP contribution is -2.57. The molecule has 0 saturated heterocycles. The van der Waals surface area contributed by atoms with Crippen molar-refractivity contribution in [1.29, 1.82) is 0 Å². The molecule has 4 saturated carbocycles. The summed E-state index contributed by atoms with van der Waals surface area (Å²) in [5.74, 6) is -4.82. The van der Waals surface area contributed by atoms with Crippen molar-refractivity contribution in [2.24, 2.45) is 5.41 Å². The van der Waals surface area contributed by atoms with Gasteiger partial charge >= 0.3 is 29.3 Å². The standard InChI is InChI=1S/C25H36O8/c26-21(30-17-9-1-2-10-17)25(22(27)31-18-11-3-4-12-18,23(28)32-19-13-5-6-14-19)24(29)33-20-15-7-8-16-20/h17-20H,1-16H2. The Kier molecular flexibility index (Phi) is 7.91. The summed E-state index contributed by atoms with van der Waals surface area (Å²) < 4.78 is 22.4. The van der Waals surface area contributed by atoms with Gasteiger partial charge < -0.3 is 18.9 Å². The van der Waals surface area contributed by atoms with Gasteiger partial charge in [-0.05, 0) is 103 Å². The second-order valence-corrected chi connectivity index (χ2v) is 10.00. The minimum absolute atomic E-state index is 0.435. The van der Waals surface area contributed by atoms with Crippen molar-refractivity contribution < 1.29 is 38.1 Å². The third-order valence-corrected chi connectivity index (χ3v) is 7.53. The van der Waals surface area contributed by atoms with Crippen LogP contribution < -0.4 is 0 Å². The van der Waals surface area contributed by atoms with Crippen LogP contribution in [0.15, 0.2) is 0 Å². The monoisotopic (exact) mass is 464 g/mol. The summed E-state index contributed by atoms with van der Waals surface area (Å²) >= 11 is 0. The van der Waals surface area contributed by atoms with Crippen LogP contribution in [-0.4, -0.2) is 48.3 Å². The molecular formula is C25H36O8. The average molecular weight is 465 g/mol. The Labute approximate surface area is 195 Å². The third-order valence-electron chi connectivity index (χ3n) is 7.53. The molecule has 0 bridgehead atoms. The lowest BCUT2D eigenvalue weighted by atomic mass is 9.87. The highest BCUT2D eigenvalue weighted by atomic mass is 16.6. The Bertz CT molecular complexity index is 597. The predicted octanol–water partition coefficient (Wildman–Crippen LogP) is 3.92. The SMILES string of the molecule is O=C(OC1CCCC1)C(C(=O)OC1CCCC1)(C(=O)OC1CCCC1)C(=O)OC1CCCC1. The molecule has 0 N–H and O–H groups in total. The maximum atomic E-state index is 13.5. The lowest BCUT2D eigenvalue weighted by Gasteiger charge is -2.30. The van der Waals surface area contributed by atoms with Crippen LogP contribution in [0.1, 0.15) is 103 Å². The van der Waals surface area contributed by atoms with E-state index in [0.717, 1.165) is 51.4 Å². The summed E-state index contributed by atoms with van der Waals surface area (Å²) in [6.07, 6.45) is 10.4. The smallest absolute Gasteiger partial charge is 0.355 e. The number of rotatable bonds is 8. The van der Waals surface area contributed by atoms with Crippen molar-refractivity contribution in [2.45, 2.75) is 127 Å². The summed E-state index contributed by atoms with van der Waals surface area (Å²) in [7, 11) is 0. The Morgan fingerprint density at radius 3 is 0.758 bits per heavy atom. The van der Waals surface area contributed by atoms with Gasteiger partial charge in [-0.3, -0.25) is 0 Å². The van der Waals surface area contributed by atoms with E-state index in [-0.39, 0.29) is 0 Å². The first-order valence-electron chi connectivity index (χ1n) is 12.8. The van der Waals surface area contributed by atoms with Gasteiger partial charge in [0.25, 0.3) is 0 Å². The average Bonchev–Trinajstić information content (AvgIpc) is 3.58. The molecule has 184 valence electrons. The molecule has 0 unspecified atom stereocenters. The number of hydrogen-bond acceptors (Lipinski definition) is 8. The summed E-state index contributed by atoms with van der Waals surface area (Å²) in [5, 5.41) is 0. The molecule has 4 aliphatic rings. The molecule has 8 nitrogen and oxygen atoms in total. The molecule has 0 amide bonds. The van der Waals surface area contributed by atoms with E-state index in [2.05, 4.69) is 0 Å². The van der Waals surface area contributed by atoms with E-state index >= 15 is 0 Å². The van der Waals surface area contributed by atoms with Crippen LogP contribution in [-0.2, 0) is 38.1 Å². The number of hydrogen-bond donors (Lipinski definition) is 0. The second-order valence-electron chi connectivity index (χ2n) is 10.00. The Morgan fingerprint density at radius 1 is 0.394 bits per heavy atom. The van der Waals surface area contributed by atoms with E-state index in [1.807, 2.05) is 0 Å². The highest BCUT2D eigenvalue weighted by Crippen LogP contribution is 2.35. The van der Waals surface area contributed by atoms with Crippen molar-refractivity contribution in [1.82, 2.24) is 0 Å². The quantitative estimate of drug-likeness (QED) is 0.302. The zero-order chi connectivity index (χ0) is 23.3. The second kappa shape index (κ2) is 10.9. The van der Waals surface area contributed by atoms with Crippen molar-refractivity contribution in [3.8, 4) is 0 Å². The zero-order valence-corrected chi connectivity index (χ0v) is 19.4. The van der Waals surface area contributed by atoms with Crippen LogP contribution in [0.5, 0.6) is 0 Å². The van der Waals surface area contributed by atoms with Gasteiger partial charge in [-0.15, -0.1) is 0 Å². The van der Waals surface area contributed by atoms with E-state index in [0.29, 0.717) is 51.4 Å². The van der Waals surface area contributed by atoms with Gasteiger partial charge in [0.15, 0.2) is 0 Å². The van der Waals surface area contributed by atoms with Crippen molar-refractivity contribution >= 4 is 23.9 Å². The van der Waals surface area contributed by atoms with E-state index in [9.17, 15) is 19.2 Å². The first-order valence-corrected chi connectivity index (χ1v) is 12.8. The largest absolute Gasteiger partial charge is 0.461 e. The fraction of sp³-hybridized carbons (Fsp3) is 0.840. The Balaban J connectivity index is 1.64. The highest BCUT2D eigenvalue weighted by molar-refractivity contribution is 6.33. The van der Waals surface area contributed by atoms with Crippen LogP contribution >= 0.6 is 0 Å². The van der Waals surface area contributed by atoms with Gasteiger partial charge in [0, 0.05) is 0 Å². The molecule has 4 rings (SSSR count). The highest BCUT2D eigenvalue weighted by Gasteiger charge is 2.67. The molecule has 8 heteroatoms.